The van der Waals surface area contributed by atoms with E-state index < -0.39 is 0 Å². The fourth-order valence-electron chi connectivity index (χ4n) is 1.67. The second-order valence-corrected chi connectivity index (χ2v) is 5.31. The van der Waals surface area contributed by atoms with Gasteiger partial charge in [0.2, 0.25) is 0 Å². The molecule has 1 aromatic carbocycles. The number of ether oxygens (including phenoxy) is 1. The van der Waals surface area contributed by atoms with Gasteiger partial charge >= 0.3 is 0 Å². The Morgan fingerprint density at radius 2 is 2.10 bits per heavy atom. The molecule has 1 unspecified atom stereocenters. The third-order valence-electron chi connectivity index (χ3n) is 3.49. The summed E-state index contributed by atoms with van der Waals surface area (Å²) in [5.74, 6) is 6.75. The molecule has 0 saturated heterocycles. The highest BCUT2D eigenvalue weighted by Crippen LogP contribution is 2.19. The lowest BCUT2D eigenvalue weighted by Crippen LogP contribution is -2.30. The molecular weight excluding hydrogens is 266 g/mol. The van der Waals surface area contributed by atoms with Crippen molar-refractivity contribution >= 4 is 5.91 Å². The molecule has 114 valence electrons. The van der Waals surface area contributed by atoms with Crippen LogP contribution in [-0.4, -0.2) is 31.3 Å². The molecule has 0 aliphatic rings. The van der Waals surface area contributed by atoms with Gasteiger partial charge in [-0.25, -0.2) is 0 Å². The molecule has 1 aromatic rings. The Hall–Kier alpha value is -1.99. The molecule has 0 bridgehead atoms. The highest BCUT2D eigenvalue weighted by Gasteiger charge is 2.12. The van der Waals surface area contributed by atoms with Gasteiger partial charge < -0.3 is 15.2 Å². The van der Waals surface area contributed by atoms with Crippen molar-refractivity contribution in [1.29, 1.82) is 0 Å². The van der Waals surface area contributed by atoms with Crippen LogP contribution in [0.2, 0.25) is 0 Å². The van der Waals surface area contributed by atoms with Crippen molar-refractivity contribution in [3.8, 4) is 17.6 Å². The lowest BCUT2D eigenvalue weighted by atomic mass is 9.98. The molecule has 21 heavy (non-hydrogen) atoms. The molecule has 4 heteroatoms. The second kappa shape index (κ2) is 8.33. The first-order valence-corrected chi connectivity index (χ1v) is 7.05. The number of benzene rings is 1. The number of carbonyl (C=O) groups is 1. The highest BCUT2D eigenvalue weighted by molar-refractivity contribution is 5.94. The fraction of sp³-hybridized carbons (Fsp3) is 0.471. The van der Waals surface area contributed by atoms with Crippen LogP contribution in [0.1, 0.15) is 36.7 Å². The van der Waals surface area contributed by atoms with Crippen LogP contribution >= 0.6 is 0 Å². The van der Waals surface area contributed by atoms with Crippen molar-refractivity contribution in [2.45, 2.75) is 20.8 Å². The molecule has 0 aliphatic heterocycles. The van der Waals surface area contributed by atoms with E-state index in [1.807, 2.05) is 0 Å². The van der Waals surface area contributed by atoms with E-state index in [0.717, 1.165) is 0 Å². The van der Waals surface area contributed by atoms with E-state index in [4.69, 9.17) is 9.84 Å². The summed E-state index contributed by atoms with van der Waals surface area (Å²) in [5, 5.41) is 11.7. The average molecular weight is 289 g/mol. The number of amides is 1. The van der Waals surface area contributed by atoms with Gasteiger partial charge in [-0.1, -0.05) is 32.6 Å². The Morgan fingerprint density at radius 1 is 1.38 bits per heavy atom. The third kappa shape index (κ3) is 5.13. The summed E-state index contributed by atoms with van der Waals surface area (Å²) in [5.41, 5.74) is 1.13. The van der Waals surface area contributed by atoms with Crippen LogP contribution in [0.25, 0.3) is 0 Å². The van der Waals surface area contributed by atoms with Crippen LogP contribution < -0.4 is 10.1 Å². The molecule has 1 rings (SSSR count). The van der Waals surface area contributed by atoms with Gasteiger partial charge in [0, 0.05) is 12.1 Å². The van der Waals surface area contributed by atoms with Crippen molar-refractivity contribution in [2.24, 2.45) is 11.8 Å². The van der Waals surface area contributed by atoms with Crippen LogP contribution in [0.5, 0.6) is 5.75 Å². The quantitative estimate of drug-likeness (QED) is 0.816. The van der Waals surface area contributed by atoms with Crippen LogP contribution in [0.15, 0.2) is 18.2 Å². The number of nitrogens with one attached hydrogen (secondary N) is 1. The van der Waals surface area contributed by atoms with Crippen molar-refractivity contribution in [3.05, 3.63) is 29.3 Å². The van der Waals surface area contributed by atoms with Crippen molar-refractivity contribution in [1.82, 2.24) is 5.32 Å². The lowest BCUT2D eigenvalue weighted by molar-refractivity contribution is 0.0945. The monoisotopic (exact) mass is 289 g/mol. The SMILES string of the molecule is COc1ccc(C(=O)NCC(C)C(C)C)cc1C#CCO. The zero-order valence-electron chi connectivity index (χ0n) is 13.1. The number of hydrogen-bond donors (Lipinski definition) is 2. The number of carbonyl (C=O) groups excluding carboxylic acids is 1. The predicted molar refractivity (Wildman–Crippen MR) is 83.3 cm³/mol. The normalized spacial score (nSPS) is 11.5. The summed E-state index contributed by atoms with van der Waals surface area (Å²) in [6.07, 6.45) is 0. The Balaban J connectivity index is 2.85. The fourth-order valence-corrected chi connectivity index (χ4v) is 1.67. The van der Waals surface area contributed by atoms with E-state index in [0.29, 0.717) is 35.3 Å². The zero-order chi connectivity index (χ0) is 15.8. The first-order valence-electron chi connectivity index (χ1n) is 7.05. The van der Waals surface area contributed by atoms with Crippen LogP contribution in [0.4, 0.5) is 0 Å². The van der Waals surface area contributed by atoms with E-state index in [1.165, 1.54) is 0 Å². The summed E-state index contributed by atoms with van der Waals surface area (Å²) in [6, 6.07) is 5.09. The van der Waals surface area contributed by atoms with Crippen molar-refractivity contribution in [2.75, 3.05) is 20.3 Å². The van der Waals surface area contributed by atoms with E-state index in [2.05, 4.69) is 37.9 Å². The number of rotatable bonds is 5. The second-order valence-electron chi connectivity index (χ2n) is 5.31. The molecule has 0 fully saturated rings. The maximum Gasteiger partial charge on any atom is 0.251 e. The molecule has 0 heterocycles. The van der Waals surface area contributed by atoms with Gasteiger partial charge in [0.05, 0.1) is 12.7 Å². The standard InChI is InChI=1S/C17H23NO3/c1-12(2)13(3)11-18-17(20)15-7-8-16(21-4)14(10-15)6-5-9-19/h7-8,10,12-13,19H,9,11H2,1-4H3,(H,18,20). The number of methoxy groups -OCH3 is 1. The molecule has 0 spiro atoms. The van der Waals surface area contributed by atoms with Gasteiger partial charge in [0.15, 0.2) is 0 Å². The Morgan fingerprint density at radius 3 is 2.67 bits per heavy atom. The molecule has 0 radical (unpaired) electrons. The molecule has 2 N–H and O–H groups in total. The van der Waals surface area contributed by atoms with Gasteiger partial charge in [-0.05, 0) is 30.0 Å². The van der Waals surface area contributed by atoms with Gasteiger partial charge in [0.1, 0.15) is 12.4 Å². The smallest absolute Gasteiger partial charge is 0.251 e. The largest absolute Gasteiger partial charge is 0.495 e. The third-order valence-corrected chi connectivity index (χ3v) is 3.49. The molecule has 1 atom stereocenters. The van der Waals surface area contributed by atoms with Gasteiger partial charge in [-0.3, -0.25) is 4.79 Å². The highest BCUT2D eigenvalue weighted by atomic mass is 16.5. The van der Waals surface area contributed by atoms with Crippen LogP contribution in [-0.2, 0) is 0 Å². The zero-order valence-corrected chi connectivity index (χ0v) is 13.1. The van der Waals surface area contributed by atoms with E-state index in [-0.39, 0.29) is 12.5 Å². The Kier molecular flexibility index (Phi) is 6.77. The van der Waals surface area contributed by atoms with Crippen LogP contribution in [0, 0.1) is 23.7 Å². The summed E-state index contributed by atoms with van der Waals surface area (Å²) in [7, 11) is 1.55. The van der Waals surface area contributed by atoms with Crippen molar-refractivity contribution < 1.29 is 14.6 Å². The van der Waals surface area contributed by atoms with Gasteiger partial charge in [0.25, 0.3) is 5.91 Å². The molecule has 1 amide bonds. The topological polar surface area (TPSA) is 58.6 Å². The minimum atomic E-state index is -0.231. The first kappa shape index (κ1) is 17.1. The summed E-state index contributed by atoms with van der Waals surface area (Å²) in [6.45, 7) is 6.78. The number of aliphatic hydroxyl groups excluding tert-OH is 1. The first-order chi connectivity index (χ1) is 9.99. The molecule has 0 aliphatic carbocycles. The van der Waals surface area contributed by atoms with Gasteiger partial charge in [-0.2, -0.15) is 0 Å². The predicted octanol–water partition coefficient (Wildman–Crippen LogP) is 2.06. The minimum absolute atomic E-state index is 0.128. The van der Waals surface area contributed by atoms with Crippen molar-refractivity contribution in [3.63, 3.8) is 0 Å². The molecule has 4 nitrogen and oxygen atoms in total. The maximum atomic E-state index is 12.1. The Labute approximate surface area is 126 Å². The Bertz CT molecular complexity index is 541. The van der Waals surface area contributed by atoms with E-state index >= 15 is 0 Å². The summed E-state index contributed by atoms with van der Waals surface area (Å²) < 4.78 is 5.19. The van der Waals surface area contributed by atoms with E-state index in [9.17, 15) is 4.79 Å². The van der Waals surface area contributed by atoms with Crippen LogP contribution in [0.3, 0.4) is 0 Å². The van der Waals surface area contributed by atoms with Gasteiger partial charge in [-0.15, -0.1) is 0 Å². The maximum absolute atomic E-state index is 12.1. The molecule has 0 saturated carbocycles. The summed E-state index contributed by atoms with van der Waals surface area (Å²) >= 11 is 0. The van der Waals surface area contributed by atoms with E-state index in [1.54, 1.807) is 25.3 Å². The average Bonchev–Trinajstić information content (AvgIpc) is 2.49. The lowest BCUT2D eigenvalue weighted by Gasteiger charge is -2.16. The minimum Gasteiger partial charge on any atom is -0.495 e. The number of aliphatic hydroxyl groups is 1. The molecule has 0 aromatic heterocycles. The number of hydrogen-bond acceptors (Lipinski definition) is 3. The summed E-state index contributed by atoms with van der Waals surface area (Å²) in [4.78, 5) is 12.1. The molecular formula is C17H23NO3.